The van der Waals surface area contributed by atoms with Gasteiger partial charge in [0.15, 0.2) is 0 Å². The van der Waals surface area contributed by atoms with Crippen LogP contribution in [0.2, 0.25) is 0 Å². The van der Waals surface area contributed by atoms with Crippen LogP contribution in [-0.2, 0) is 0 Å². The summed E-state index contributed by atoms with van der Waals surface area (Å²) < 4.78 is 13.6. The molecule has 0 fully saturated rings. The summed E-state index contributed by atoms with van der Waals surface area (Å²) in [5.41, 5.74) is 1.05. The molecule has 0 aliphatic carbocycles. The molecule has 0 bridgehead atoms. The van der Waals surface area contributed by atoms with E-state index in [4.69, 9.17) is 0 Å². The van der Waals surface area contributed by atoms with E-state index in [2.05, 4.69) is 5.32 Å². The number of benzene rings is 1. The average molecular weight is 212 g/mol. The fourth-order valence-electron chi connectivity index (χ4n) is 1.54. The molecule has 1 unspecified atom stereocenters. The number of aliphatic hydroxyl groups excluding tert-OH is 1. The highest BCUT2D eigenvalue weighted by Gasteiger charge is 2.17. The zero-order valence-electron chi connectivity index (χ0n) is 9.29. The van der Waals surface area contributed by atoms with Gasteiger partial charge in [-0.05, 0) is 19.2 Å². The van der Waals surface area contributed by atoms with E-state index in [1.165, 1.54) is 6.07 Å². The molecular weight excluding hydrogens is 195 g/mol. The summed E-state index contributed by atoms with van der Waals surface area (Å²) in [6.45, 7) is 0.335. The maximum absolute atomic E-state index is 13.6. The van der Waals surface area contributed by atoms with E-state index in [1.807, 2.05) is 14.1 Å². The topological polar surface area (TPSA) is 35.5 Å². The first kappa shape index (κ1) is 11.9. The number of rotatable bonds is 4. The van der Waals surface area contributed by atoms with Gasteiger partial charge in [-0.25, -0.2) is 4.39 Å². The first-order valence-electron chi connectivity index (χ1n) is 4.86. The van der Waals surface area contributed by atoms with Crippen molar-refractivity contribution in [3.63, 3.8) is 0 Å². The Morgan fingerprint density at radius 2 is 2.13 bits per heavy atom. The third-order valence-electron chi connectivity index (χ3n) is 2.24. The van der Waals surface area contributed by atoms with Gasteiger partial charge in [-0.15, -0.1) is 0 Å². The molecule has 0 amide bonds. The minimum Gasteiger partial charge on any atom is -0.387 e. The summed E-state index contributed by atoms with van der Waals surface area (Å²) >= 11 is 0. The zero-order chi connectivity index (χ0) is 11.4. The van der Waals surface area contributed by atoms with Crippen molar-refractivity contribution < 1.29 is 9.50 Å². The van der Waals surface area contributed by atoms with Crippen molar-refractivity contribution in [2.45, 2.75) is 6.10 Å². The molecule has 0 aromatic heterocycles. The quantitative estimate of drug-likeness (QED) is 0.785. The second kappa shape index (κ2) is 5.09. The van der Waals surface area contributed by atoms with Crippen molar-refractivity contribution in [2.24, 2.45) is 0 Å². The first-order chi connectivity index (χ1) is 7.07. The molecule has 1 atom stereocenters. The molecule has 0 spiro atoms. The number of anilines is 1. The Bertz CT molecular complexity index is 328. The number of nitrogens with zero attached hydrogens (tertiary/aromatic N) is 1. The molecule has 0 heterocycles. The van der Waals surface area contributed by atoms with Crippen LogP contribution < -0.4 is 10.2 Å². The highest BCUT2D eigenvalue weighted by Crippen LogP contribution is 2.27. The molecule has 0 aliphatic rings. The van der Waals surface area contributed by atoms with Gasteiger partial charge in [-0.3, -0.25) is 0 Å². The Morgan fingerprint density at radius 3 is 2.67 bits per heavy atom. The van der Waals surface area contributed by atoms with Crippen LogP contribution in [0.15, 0.2) is 18.2 Å². The first-order valence-corrected chi connectivity index (χ1v) is 4.86. The fraction of sp³-hybridized carbons (Fsp3) is 0.455. The van der Waals surface area contributed by atoms with Gasteiger partial charge in [0.2, 0.25) is 0 Å². The molecule has 1 aromatic carbocycles. The maximum Gasteiger partial charge on any atom is 0.131 e. The van der Waals surface area contributed by atoms with Crippen molar-refractivity contribution in [3.05, 3.63) is 29.6 Å². The van der Waals surface area contributed by atoms with Crippen LogP contribution >= 0.6 is 0 Å². The molecule has 2 N–H and O–H groups in total. The lowest BCUT2D eigenvalue weighted by Crippen LogP contribution is -2.21. The summed E-state index contributed by atoms with van der Waals surface area (Å²) in [5, 5.41) is 12.6. The SMILES string of the molecule is CNCC(O)c1c(F)cccc1N(C)C. The Morgan fingerprint density at radius 1 is 1.47 bits per heavy atom. The van der Waals surface area contributed by atoms with Gasteiger partial charge in [-0.1, -0.05) is 6.07 Å². The van der Waals surface area contributed by atoms with Gasteiger partial charge in [0.05, 0.1) is 6.10 Å². The lowest BCUT2D eigenvalue weighted by molar-refractivity contribution is 0.173. The number of hydrogen-bond donors (Lipinski definition) is 2. The second-order valence-electron chi connectivity index (χ2n) is 3.64. The van der Waals surface area contributed by atoms with Gasteiger partial charge in [0.25, 0.3) is 0 Å². The predicted octanol–water partition coefficient (Wildman–Crippen LogP) is 1.14. The Kier molecular flexibility index (Phi) is 4.05. The van der Waals surface area contributed by atoms with Crippen LogP contribution in [0.25, 0.3) is 0 Å². The van der Waals surface area contributed by atoms with E-state index in [1.54, 1.807) is 24.1 Å². The molecule has 1 rings (SSSR count). The van der Waals surface area contributed by atoms with Crippen molar-refractivity contribution in [2.75, 3.05) is 32.6 Å². The van der Waals surface area contributed by atoms with Gasteiger partial charge in [-0.2, -0.15) is 0 Å². The standard InChI is InChI=1S/C11H17FN2O/c1-13-7-10(15)11-8(12)5-4-6-9(11)14(2)3/h4-6,10,13,15H,7H2,1-3H3. The van der Waals surface area contributed by atoms with Crippen LogP contribution in [0.5, 0.6) is 0 Å². The largest absolute Gasteiger partial charge is 0.387 e. The molecule has 0 saturated carbocycles. The highest BCUT2D eigenvalue weighted by molar-refractivity contribution is 5.54. The van der Waals surface area contributed by atoms with Gasteiger partial charge in [0.1, 0.15) is 5.82 Å². The maximum atomic E-state index is 13.6. The Balaban J connectivity index is 3.12. The van der Waals surface area contributed by atoms with Crippen LogP contribution in [0.3, 0.4) is 0 Å². The minimum absolute atomic E-state index is 0.335. The van der Waals surface area contributed by atoms with Crippen LogP contribution in [0.4, 0.5) is 10.1 Å². The van der Waals surface area contributed by atoms with Crippen molar-refractivity contribution in [1.29, 1.82) is 0 Å². The summed E-state index contributed by atoms with van der Waals surface area (Å²) in [6, 6.07) is 4.79. The summed E-state index contributed by atoms with van der Waals surface area (Å²) in [5.74, 6) is -0.371. The zero-order valence-corrected chi connectivity index (χ0v) is 9.29. The van der Waals surface area contributed by atoms with E-state index in [-0.39, 0.29) is 5.82 Å². The van der Waals surface area contributed by atoms with Crippen molar-refractivity contribution in [3.8, 4) is 0 Å². The van der Waals surface area contributed by atoms with E-state index >= 15 is 0 Å². The molecule has 15 heavy (non-hydrogen) atoms. The molecule has 0 radical (unpaired) electrons. The second-order valence-corrected chi connectivity index (χ2v) is 3.64. The number of nitrogens with one attached hydrogen (secondary N) is 1. The smallest absolute Gasteiger partial charge is 0.131 e. The van der Waals surface area contributed by atoms with Gasteiger partial charge in [0, 0.05) is 31.9 Å². The van der Waals surface area contributed by atoms with E-state index in [0.717, 1.165) is 0 Å². The number of halogens is 1. The number of aliphatic hydroxyl groups is 1. The van der Waals surface area contributed by atoms with Gasteiger partial charge < -0.3 is 15.3 Å². The lowest BCUT2D eigenvalue weighted by Gasteiger charge is -2.21. The normalized spacial score (nSPS) is 12.6. The fourth-order valence-corrected chi connectivity index (χ4v) is 1.54. The Labute approximate surface area is 89.5 Å². The third-order valence-corrected chi connectivity index (χ3v) is 2.24. The van der Waals surface area contributed by atoms with Crippen LogP contribution in [0.1, 0.15) is 11.7 Å². The van der Waals surface area contributed by atoms with E-state index in [0.29, 0.717) is 17.8 Å². The molecule has 0 aliphatic heterocycles. The van der Waals surface area contributed by atoms with E-state index < -0.39 is 6.10 Å². The summed E-state index contributed by atoms with van der Waals surface area (Å²) in [7, 11) is 5.37. The van der Waals surface area contributed by atoms with E-state index in [9.17, 15) is 9.50 Å². The monoisotopic (exact) mass is 212 g/mol. The Hall–Kier alpha value is -1.13. The molecular formula is C11H17FN2O. The molecule has 1 aromatic rings. The van der Waals surface area contributed by atoms with Crippen molar-refractivity contribution >= 4 is 5.69 Å². The third kappa shape index (κ3) is 2.67. The van der Waals surface area contributed by atoms with Crippen molar-refractivity contribution in [1.82, 2.24) is 5.32 Å². The highest BCUT2D eigenvalue weighted by atomic mass is 19.1. The average Bonchev–Trinajstić information content (AvgIpc) is 2.17. The number of hydrogen-bond acceptors (Lipinski definition) is 3. The molecule has 4 heteroatoms. The van der Waals surface area contributed by atoms with Crippen LogP contribution in [0, 0.1) is 5.82 Å². The lowest BCUT2D eigenvalue weighted by atomic mass is 10.1. The molecule has 3 nitrogen and oxygen atoms in total. The van der Waals surface area contributed by atoms with Gasteiger partial charge >= 0.3 is 0 Å². The summed E-state index contributed by atoms with van der Waals surface area (Å²) in [4.78, 5) is 1.79. The number of likely N-dealkylation sites (N-methyl/N-ethyl adjacent to an activating group) is 1. The molecule has 84 valence electrons. The minimum atomic E-state index is -0.825. The van der Waals surface area contributed by atoms with Crippen LogP contribution in [-0.4, -0.2) is 32.8 Å². The predicted molar refractivity (Wildman–Crippen MR) is 59.6 cm³/mol. The molecule has 0 saturated heterocycles. The summed E-state index contributed by atoms with van der Waals surface area (Å²) in [6.07, 6.45) is -0.825.